The highest BCUT2D eigenvalue weighted by Gasteiger charge is 2.43. The molecule has 9 heteroatoms. The molecule has 2 aliphatic rings. The number of alkyl halides is 3. The van der Waals surface area contributed by atoms with Gasteiger partial charge in [-0.2, -0.15) is 13.2 Å². The van der Waals surface area contributed by atoms with Crippen molar-refractivity contribution in [3.8, 4) is 11.5 Å². The summed E-state index contributed by atoms with van der Waals surface area (Å²) in [5.41, 5.74) is 1.81. The lowest BCUT2D eigenvalue weighted by atomic mass is 9.71. The van der Waals surface area contributed by atoms with Crippen LogP contribution in [0.25, 0.3) is 0 Å². The molecule has 2 atom stereocenters. The zero-order valence-electron chi connectivity index (χ0n) is 22.8. The van der Waals surface area contributed by atoms with E-state index in [9.17, 15) is 22.8 Å². The predicted molar refractivity (Wildman–Crippen MR) is 149 cm³/mol. The summed E-state index contributed by atoms with van der Waals surface area (Å²) in [4.78, 5) is 27.8. The summed E-state index contributed by atoms with van der Waals surface area (Å²) in [7, 11) is 2.94. The number of halogens is 3. The highest BCUT2D eigenvalue weighted by Crippen LogP contribution is 2.49. The van der Waals surface area contributed by atoms with Gasteiger partial charge in [0.1, 0.15) is 0 Å². The minimum absolute atomic E-state index is 0.0651. The molecule has 0 saturated heterocycles. The molecule has 41 heavy (non-hydrogen) atoms. The first-order chi connectivity index (χ1) is 19.6. The van der Waals surface area contributed by atoms with Crippen molar-refractivity contribution in [1.29, 1.82) is 0 Å². The van der Waals surface area contributed by atoms with E-state index in [2.05, 4.69) is 10.6 Å². The normalized spacial score (nSPS) is 18.9. The second-order valence-corrected chi connectivity index (χ2v) is 10.0. The number of Topliss-reactive ketones (excluding diaryl/α,β-unsaturated/α-hetero) is 1. The fourth-order valence-corrected chi connectivity index (χ4v) is 5.78. The van der Waals surface area contributed by atoms with E-state index in [1.165, 1.54) is 32.4 Å². The number of hydrogen-bond acceptors (Lipinski definition) is 5. The Morgan fingerprint density at radius 2 is 1.63 bits per heavy atom. The van der Waals surface area contributed by atoms with E-state index in [4.69, 9.17) is 9.47 Å². The molecule has 1 amide bonds. The smallest absolute Gasteiger partial charge is 0.418 e. The molecule has 0 spiro atoms. The lowest BCUT2D eigenvalue weighted by Gasteiger charge is -2.37. The van der Waals surface area contributed by atoms with E-state index in [0.29, 0.717) is 40.5 Å². The van der Waals surface area contributed by atoms with Crippen LogP contribution in [0.4, 0.5) is 18.9 Å². The van der Waals surface area contributed by atoms with Crippen LogP contribution in [0.1, 0.15) is 48.3 Å². The number of carbonyl (C=O) groups is 2. The molecule has 2 N–H and O–H groups in total. The first-order valence-corrected chi connectivity index (χ1v) is 13.1. The fourth-order valence-electron chi connectivity index (χ4n) is 5.78. The van der Waals surface area contributed by atoms with Crippen LogP contribution in [0, 0.1) is 0 Å². The standard InChI is InChI=1S/C32H29F3N2O4/c1-18-27(31(39)37-23-14-8-7-13-22(23)32(33,34)35)28(21-12-9-15-26(40-2)30(21)41-3)29-24(36-18)16-20(17-25(29)38)19-10-5-4-6-11-19/h4-15,20,28,36H,16-17H2,1-3H3,(H,37,39)/t20-,28-/m0/s1. The third-order valence-corrected chi connectivity index (χ3v) is 7.57. The molecular formula is C32H29F3N2O4. The number of methoxy groups -OCH3 is 2. The lowest BCUT2D eigenvalue weighted by Crippen LogP contribution is -2.37. The molecule has 1 aliphatic heterocycles. The van der Waals surface area contributed by atoms with Gasteiger partial charge in [-0.15, -0.1) is 0 Å². The summed E-state index contributed by atoms with van der Waals surface area (Å²) in [5, 5.41) is 5.72. The number of benzene rings is 3. The van der Waals surface area contributed by atoms with Gasteiger partial charge in [0.05, 0.1) is 31.4 Å². The number of amides is 1. The molecule has 0 saturated carbocycles. The molecule has 3 aromatic carbocycles. The van der Waals surface area contributed by atoms with Crippen LogP contribution in [-0.4, -0.2) is 25.9 Å². The minimum atomic E-state index is -4.67. The Kier molecular flexibility index (Phi) is 7.62. The van der Waals surface area contributed by atoms with Gasteiger partial charge in [-0.3, -0.25) is 9.59 Å². The average Bonchev–Trinajstić information content (AvgIpc) is 2.95. The monoisotopic (exact) mass is 562 g/mol. The fraction of sp³-hybridized carbons (Fsp3) is 0.250. The third kappa shape index (κ3) is 5.31. The number of dihydropyridines is 1. The maximum Gasteiger partial charge on any atom is 0.418 e. The molecule has 3 aromatic rings. The molecule has 6 nitrogen and oxygen atoms in total. The Morgan fingerprint density at radius 1 is 0.927 bits per heavy atom. The summed E-state index contributed by atoms with van der Waals surface area (Å²) in [6.45, 7) is 1.69. The van der Waals surface area contributed by atoms with Crippen molar-refractivity contribution < 1.29 is 32.2 Å². The Balaban J connectivity index is 1.64. The van der Waals surface area contributed by atoms with Gasteiger partial charge in [-0.05, 0) is 43.0 Å². The molecule has 0 fully saturated rings. The predicted octanol–water partition coefficient (Wildman–Crippen LogP) is 6.72. The van der Waals surface area contributed by atoms with Crippen molar-refractivity contribution in [3.05, 3.63) is 112 Å². The van der Waals surface area contributed by atoms with Gasteiger partial charge >= 0.3 is 6.18 Å². The van der Waals surface area contributed by atoms with E-state index in [0.717, 1.165) is 11.6 Å². The SMILES string of the molecule is COc1cccc([C@H]2C(C(=O)Nc3ccccc3C(F)(F)F)=C(C)NC3=C2C(=O)C[C@@H](c2ccccc2)C3)c1OC. The van der Waals surface area contributed by atoms with Crippen LogP contribution in [0.3, 0.4) is 0 Å². The van der Waals surface area contributed by atoms with E-state index in [1.54, 1.807) is 25.1 Å². The number of allylic oxidation sites excluding steroid dienone is 3. The molecule has 0 bridgehead atoms. The quantitative estimate of drug-likeness (QED) is 0.349. The zero-order chi connectivity index (χ0) is 29.3. The summed E-state index contributed by atoms with van der Waals surface area (Å²) in [6, 6.07) is 19.7. The topological polar surface area (TPSA) is 76.7 Å². The molecule has 1 heterocycles. The van der Waals surface area contributed by atoms with E-state index in [1.807, 2.05) is 30.3 Å². The van der Waals surface area contributed by atoms with E-state index < -0.39 is 23.6 Å². The van der Waals surface area contributed by atoms with Gasteiger partial charge in [0.15, 0.2) is 17.3 Å². The highest BCUT2D eigenvalue weighted by molar-refractivity contribution is 6.10. The second-order valence-electron chi connectivity index (χ2n) is 10.0. The Hall–Kier alpha value is -4.53. The average molecular weight is 563 g/mol. The Morgan fingerprint density at radius 3 is 2.32 bits per heavy atom. The van der Waals surface area contributed by atoms with Crippen molar-refractivity contribution in [2.45, 2.75) is 37.8 Å². The number of nitrogens with one attached hydrogen (secondary N) is 2. The van der Waals surface area contributed by atoms with Crippen LogP contribution >= 0.6 is 0 Å². The summed E-state index contributed by atoms with van der Waals surface area (Å²) in [6.07, 6.45) is -3.93. The molecule has 1 aliphatic carbocycles. The van der Waals surface area contributed by atoms with Crippen molar-refractivity contribution in [2.24, 2.45) is 0 Å². The van der Waals surface area contributed by atoms with Gasteiger partial charge in [0, 0.05) is 34.5 Å². The van der Waals surface area contributed by atoms with E-state index in [-0.39, 0.29) is 29.4 Å². The molecule has 0 radical (unpaired) electrons. The van der Waals surface area contributed by atoms with Crippen LogP contribution in [0.5, 0.6) is 11.5 Å². The van der Waals surface area contributed by atoms with Crippen LogP contribution in [0.2, 0.25) is 0 Å². The second kappa shape index (κ2) is 11.2. The summed E-state index contributed by atoms with van der Waals surface area (Å²) < 4.78 is 52.4. The summed E-state index contributed by atoms with van der Waals surface area (Å²) in [5.74, 6) is -1.15. The zero-order valence-corrected chi connectivity index (χ0v) is 22.8. The van der Waals surface area contributed by atoms with Gasteiger partial charge in [-0.1, -0.05) is 54.6 Å². The Bertz CT molecular complexity index is 1560. The van der Waals surface area contributed by atoms with Gasteiger partial charge < -0.3 is 20.1 Å². The van der Waals surface area contributed by atoms with Gasteiger partial charge in [0.25, 0.3) is 5.91 Å². The highest BCUT2D eigenvalue weighted by atomic mass is 19.4. The number of carbonyl (C=O) groups excluding carboxylic acids is 2. The first-order valence-electron chi connectivity index (χ1n) is 13.1. The minimum Gasteiger partial charge on any atom is -0.493 e. The van der Waals surface area contributed by atoms with Gasteiger partial charge in [0.2, 0.25) is 0 Å². The van der Waals surface area contributed by atoms with Crippen molar-refractivity contribution in [3.63, 3.8) is 0 Å². The van der Waals surface area contributed by atoms with Crippen LogP contribution in [-0.2, 0) is 15.8 Å². The number of ketones is 1. The van der Waals surface area contributed by atoms with E-state index >= 15 is 0 Å². The summed E-state index contributed by atoms with van der Waals surface area (Å²) >= 11 is 0. The van der Waals surface area contributed by atoms with Gasteiger partial charge in [-0.25, -0.2) is 0 Å². The largest absolute Gasteiger partial charge is 0.493 e. The van der Waals surface area contributed by atoms with Crippen LogP contribution < -0.4 is 20.1 Å². The van der Waals surface area contributed by atoms with Crippen molar-refractivity contribution in [1.82, 2.24) is 5.32 Å². The molecule has 0 aromatic heterocycles. The molecule has 0 unspecified atom stereocenters. The van der Waals surface area contributed by atoms with Crippen molar-refractivity contribution in [2.75, 3.05) is 19.5 Å². The maximum atomic E-state index is 13.9. The lowest BCUT2D eigenvalue weighted by molar-refractivity contribution is -0.137. The number of rotatable bonds is 6. The first kappa shape index (κ1) is 28.0. The number of anilines is 1. The maximum absolute atomic E-state index is 13.9. The third-order valence-electron chi connectivity index (χ3n) is 7.57. The number of para-hydroxylation sites is 2. The molecular weight excluding hydrogens is 533 g/mol. The molecule has 5 rings (SSSR count). The van der Waals surface area contributed by atoms with Crippen molar-refractivity contribution >= 4 is 17.4 Å². The molecule has 212 valence electrons. The Labute approximate surface area is 235 Å². The number of hydrogen-bond donors (Lipinski definition) is 2. The number of ether oxygens (including phenoxy) is 2. The van der Waals surface area contributed by atoms with Crippen LogP contribution in [0.15, 0.2) is 95.3 Å².